The standard InChI is InChI=1S/C20H32N4O/c1-5-23(15(2)3)19-11-10-16(14-21-19)20(25)24-13-7-9-18(24)17-8-6-12-22(17)4/h10-11,14-15,17-18H,5-9,12-13H2,1-4H3/t17-,18-/m0/s1. The molecule has 1 aromatic heterocycles. The lowest BCUT2D eigenvalue weighted by molar-refractivity contribution is 0.0664. The Bertz CT molecular complexity index is 586. The van der Waals surface area contributed by atoms with Crippen LogP contribution in [0.4, 0.5) is 5.82 Å². The number of likely N-dealkylation sites (N-methyl/N-ethyl adjacent to an activating group) is 1. The molecule has 0 radical (unpaired) electrons. The molecule has 0 bridgehead atoms. The number of nitrogens with zero attached hydrogens (tertiary/aromatic N) is 4. The minimum atomic E-state index is 0.148. The van der Waals surface area contributed by atoms with Gasteiger partial charge in [0.25, 0.3) is 5.91 Å². The first kappa shape index (κ1) is 18.2. The zero-order valence-corrected chi connectivity index (χ0v) is 16.1. The van der Waals surface area contributed by atoms with Gasteiger partial charge >= 0.3 is 0 Å². The molecule has 2 aliphatic heterocycles. The fourth-order valence-corrected chi connectivity index (χ4v) is 4.51. The summed E-state index contributed by atoms with van der Waals surface area (Å²) in [6, 6.07) is 5.23. The van der Waals surface area contributed by atoms with E-state index in [1.807, 2.05) is 12.1 Å². The molecule has 1 aromatic rings. The lowest BCUT2D eigenvalue weighted by Gasteiger charge is -2.33. The Hall–Kier alpha value is -1.62. The Labute approximate surface area is 152 Å². The normalized spacial score (nSPS) is 24.3. The largest absolute Gasteiger partial charge is 0.354 e. The molecule has 25 heavy (non-hydrogen) atoms. The highest BCUT2D eigenvalue weighted by molar-refractivity contribution is 5.94. The number of likely N-dealkylation sites (tertiary alicyclic amines) is 2. The number of carbonyl (C=O) groups excluding carboxylic acids is 1. The van der Waals surface area contributed by atoms with Crippen molar-refractivity contribution in [3.05, 3.63) is 23.9 Å². The van der Waals surface area contributed by atoms with E-state index in [1.54, 1.807) is 6.20 Å². The van der Waals surface area contributed by atoms with Crippen molar-refractivity contribution in [1.29, 1.82) is 0 Å². The van der Waals surface area contributed by atoms with Crippen LogP contribution in [0.5, 0.6) is 0 Å². The van der Waals surface area contributed by atoms with E-state index in [-0.39, 0.29) is 5.91 Å². The number of amides is 1. The second-order valence-corrected chi connectivity index (χ2v) is 7.68. The summed E-state index contributed by atoms with van der Waals surface area (Å²) < 4.78 is 0. The van der Waals surface area contributed by atoms with E-state index in [9.17, 15) is 4.79 Å². The van der Waals surface area contributed by atoms with Gasteiger partial charge in [-0.25, -0.2) is 4.98 Å². The third-order valence-corrected chi connectivity index (χ3v) is 5.83. The topological polar surface area (TPSA) is 39.7 Å². The van der Waals surface area contributed by atoms with Gasteiger partial charge in [-0.15, -0.1) is 0 Å². The molecule has 138 valence electrons. The predicted molar refractivity (Wildman–Crippen MR) is 102 cm³/mol. The highest BCUT2D eigenvalue weighted by Gasteiger charge is 2.38. The van der Waals surface area contributed by atoms with Crippen molar-refractivity contribution in [2.45, 2.75) is 64.6 Å². The monoisotopic (exact) mass is 344 g/mol. The van der Waals surface area contributed by atoms with Crippen LogP contribution >= 0.6 is 0 Å². The summed E-state index contributed by atoms with van der Waals surface area (Å²) >= 11 is 0. The minimum Gasteiger partial charge on any atom is -0.354 e. The van der Waals surface area contributed by atoms with Crippen molar-refractivity contribution in [3.8, 4) is 0 Å². The van der Waals surface area contributed by atoms with Crippen LogP contribution in [0.1, 0.15) is 56.8 Å². The third kappa shape index (κ3) is 3.66. The molecule has 0 saturated carbocycles. The van der Waals surface area contributed by atoms with Gasteiger partial charge in [0.1, 0.15) is 5.82 Å². The molecule has 2 fully saturated rings. The van der Waals surface area contributed by atoms with Gasteiger partial charge < -0.3 is 14.7 Å². The van der Waals surface area contributed by atoms with Crippen molar-refractivity contribution in [1.82, 2.24) is 14.8 Å². The van der Waals surface area contributed by atoms with Crippen molar-refractivity contribution in [2.24, 2.45) is 0 Å². The second-order valence-electron chi connectivity index (χ2n) is 7.68. The summed E-state index contributed by atoms with van der Waals surface area (Å²) in [5, 5.41) is 0. The van der Waals surface area contributed by atoms with Gasteiger partial charge in [0.2, 0.25) is 0 Å². The molecular formula is C20H32N4O. The lowest BCUT2D eigenvalue weighted by Crippen LogP contribution is -2.47. The number of pyridine rings is 1. The van der Waals surface area contributed by atoms with Crippen LogP contribution in [0.2, 0.25) is 0 Å². The van der Waals surface area contributed by atoms with Crippen LogP contribution in [0.15, 0.2) is 18.3 Å². The Morgan fingerprint density at radius 3 is 2.52 bits per heavy atom. The fraction of sp³-hybridized carbons (Fsp3) is 0.700. The summed E-state index contributed by atoms with van der Waals surface area (Å²) in [4.78, 5) is 24.4. The van der Waals surface area contributed by atoms with Gasteiger partial charge in [0, 0.05) is 37.4 Å². The maximum absolute atomic E-state index is 13.1. The molecule has 1 amide bonds. The fourth-order valence-electron chi connectivity index (χ4n) is 4.51. The van der Waals surface area contributed by atoms with E-state index < -0.39 is 0 Å². The van der Waals surface area contributed by atoms with E-state index in [0.29, 0.717) is 18.1 Å². The smallest absolute Gasteiger partial charge is 0.255 e. The zero-order valence-electron chi connectivity index (χ0n) is 16.1. The van der Waals surface area contributed by atoms with E-state index in [1.165, 1.54) is 12.8 Å². The van der Waals surface area contributed by atoms with Crippen molar-refractivity contribution >= 4 is 11.7 Å². The maximum atomic E-state index is 13.1. The molecule has 3 heterocycles. The Morgan fingerprint density at radius 2 is 1.96 bits per heavy atom. The van der Waals surface area contributed by atoms with Crippen molar-refractivity contribution < 1.29 is 4.79 Å². The van der Waals surface area contributed by atoms with Gasteiger partial charge in [0.15, 0.2) is 0 Å². The highest BCUT2D eigenvalue weighted by atomic mass is 16.2. The summed E-state index contributed by atoms with van der Waals surface area (Å²) in [7, 11) is 2.19. The quantitative estimate of drug-likeness (QED) is 0.823. The van der Waals surface area contributed by atoms with Gasteiger partial charge in [-0.1, -0.05) is 0 Å². The zero-order chi connectivity index (χ0) is 18.0. The highest BCUT2D eigenvalue weighted by Crippen LogP contribution is 2.30. The second kappa shape index (κ2) is 7.73. The molecule has 0 spiro atoms. The van der Waals surface area contributed by atoms with Gasteiger partial charge in [0.05, 0.1) is 5.56 Å². The van der Waals surface area contributed by atoms with Crippen LogP contribution in [-0.4, -0.2) is 65.5 Å². The molecule has 0 unspecified atom stereocenters. The Balaban J connectivity index is 1.74. The molecule has 2 saturated heterocycles. The Morgan fingerprint density at radius 1 is 1.24 bits per heavy atom. The molecule has 0 aromatic carbocycles. The maximum Gasteiger partial charge on any atom is 0.255 e. The van der Waals surface area contributed by atoms with E-state index >= 15 is 0 Å². The first-order valence-electron chi connectivity index (χ1n) is 9.76. The first-order chi connectivity index (χ1) is 12.0. The minimum absolute atomic E-state index is 0.148. The van der Waals surface area contributed by atoms with Crippen LogP contribution in [0.3, 0.4) is 0 Å². The van der Waals surface area contributed by atoms with Gasteiger partial charge in [-0.3, -0.25) is 4.79 Å². The van der Waals surface area contributed by atoms with Crippen LogP contribution in [0, 0.1) is 0 Å². The van der Waals surface area contributed by atoms with E-state index in [0.717, 1.165) is 43.9 Å². The van der Waals surface area contributed by atoms with Gasteiger partial charge in [-0.05, 0) is 72.2 Å². The number of anilines is 1. The number of hydrogen-bond donors (Lipinski definition) is 0. The molecule has 0 N–H and O–H groups in total. The predicted octanol–water partition coefficient (Wildman–Crippen LogP) is 3.02. The number of hydrogen-bond acceptors (Lipinski definition) is 4. The molecule has 2 aliphatic rings. The average Bonchev–Trinajstić information content (AvgIpc) is 3.23. The van der Waals surface area contributed by atoms with Crippen LogP contribution < -0.4 is 4.90 Å². The lowest BCUT2D eigenvalue weighted by atomic mass is 10.0. The number of aromatic nitrogens is 1. The Kier molecular flexibility index (Phi) is 5.62. The molecule has 5 nitrogen and oxygen atoms in total. The van der Waals surface area contributed by atoms with Crippen molar-refractivity contribution in [2.75, 3.05) is 31.6 Å². The molecule has 2 atom stereocenters. The molecule has 3 rings (SSSR count). The number of carbonyl (C=O) groups is 1. The third-order valence-electron chi connectivity index (χ3n) is 5.83. The average molecular weight is 345 g/mol. The van der Waals surface area contributed by atoms with Crippen LogP contribution in [0.25, 0.3) is 0 Å². The van der Waals surface area contributed by atoms with Gasteiger partial charge in [-0.2, -0.15) is 0 Å². The molecule has 0 aliphatic carbocycles. The summed E-state index contributed by atoms with van der Waals surface area (Å²) in [6.45, 7) is 9.41. The molecule has 5 heteroatoms. The van der Waals surface area contributed by atoms with Crippen LogP contribution in [-0.2, 0) is 0 Å². The summed E-state index contributed by atoms with van der Waals surface area (Å²) in [5.41, 5.74) is 0.719. The van der Waals surface area contributed by atoms with Crippen molar-refractivity contribution in [3.63, 3.8) is 0 Å². The SMILES string of the molecule is CCN(c1ccc(C(=O)N2CCC[C@H]2[C@@H]2CCCN2C)cn1)C(C)C. The first-order valence-corrected chi connectivity index (χ1v) is 9.76. The summed E-state index contributed by atoms with van der Waals surface area (Å²) in [5.74, 6) is 1.09. The van der Waals surface area contributed by atoms with E-state index in [2.05, 4.69) is 47.5 Å². The number of rotatable bonds is 5. The van der Waals surface area contributed by atoms with E-state index in [4.69, 9.17) is 0 Å². The summed E-state index contributed by atoms with van der Waals surface area (Å²) in [6.07, 6.45) is 6.46. The molecular weight excluding hydrogens is 312 g/mol.